The molecule has 142 valence electrons. The van der Waals surface area contributed by atoms with Crippen LogP contribution in [0.2, 0.25) is 0 Å². The lowest BCUT2D eigenvalue weighted by Gasteiger charge is -2.30. The maximum absolute atomic E-state index is 12.4. The second kappa shape index (κ2) is 13.7. The maximum Gasteiger partial charge on any atom is 0.239 e. The summed E-state index contributed by atoms with van der Waals surface area (Å²) >= 11 is 0. The minimum atomic E-state index is -0.684. The molecule has 0 atom stereocenters. The Balaban J connectivity index is 2.37. The number of hydrazine groups is 1. The minimum Gasteiger partial charge on any atom is -0.394 e. The largest absolute Gasteiger partial charge is 0.394 e. The smallest absolute Gasteiger partial charge is 0.239 e. The number of amides is 1. The highest BCUT2D eigenvalue weighted by Crippen LogP contribution is 2.03. The first-order valence-corrected chi connectivity index (χ1v) is 8.52. The number of carbonyl (C=O) groups is 1. The molecule has 0 unspecified atom stereocenters. The van der Waals surface area contributed by atoms with Crippen molar-refractivity contribution in [3.63, 3.8) is 0 Å². The van der Waals surface area contributed by atoms with Gasteiger partial charge in [0.2, 0.25) is 5.91 Å². The average Bonchev–Trinajstić information content (AvgIpc) is 2.65. The molecule has 0 spiro atoms. The van der Waals surface area contributed by atoms with E-state index in [2.05, 4.69) is 10.7 Å². The van der Waals surface area contributed by atoms with Crippen molar-refractivity contribution in [2.45, 2.75) is 19.1 Å². The summed E-state index contributed by atoms with van der Waals surface area (Å²) in [6.45, 7) is 2.38. The van der Waals surface area contributed by atoms with Gasteiger partial charge in [0.05, 0.1) is 38.9 Å². The van der Waals surface area contributed by atoms with Crippen LogP contribution >= 0.6 is 0 Å². The fraction of sp³-hybridized carbons (Fsp3) is 0.588. The molecule has 0 aliphatic carbocycles. The molecule has 1 aromatic carbocycles. The van der Waals surface area contributed by atoms with Crippen molar-refractivity contribution in [1.29, 1.82) is 0 Å². The summed E-state index contributed by atoms with van der Waals surface area (Å²) in [7, 11) is 0. The van der Waals surface area contributed by atoms with Crippen LogP contribution in [-0.2, 0) is 16.1 Å². The Labute approximate surface area is 148 Å². The SMILES string of the molecule is NCCNCCNN(C(=O)CCOCc1ccccc1)C(CO)CO. The van der Waals surface area contributed by atoms with Crippen LogP contribution in [-0.4, -0.2) is 73.2 Å². The third kappa shape index (κ3) is 8.92. The molecule has 1 rings (SSSR count). The van der Waals surface area contributed by atoms with Crippen molar-refractivity contribution >= 4 is 5.91 Å². The van der Waals surface area contributed by atoms with E-state index in [0.717, 1.165) is 5.56 Å². The summed E-state index contributed by atoms with van der Waals surface area (Å²) in [5.74, 6) is -0.236. The van der Waals surface area contributed by atoms with Crippen LogP contribution in [0.4, 0.5) is 0 Å². The lowest BCUT2D eigenvalue weighted by Crippen LogP contribution is -2.54. The van der Waals surface area contributed by atoms with Gasteiger partial charge in [-0.25, -0.2) is 5.43 Å². The number of aliphatic hydroxyl groups excluding tert-OH is 2. The van der Waals surface area contributed by atoms with E-state index in [1.807, 2.05) is 30.3 Å². The van der Waals surface area contributed by atoms with Gasteiger partial charge in [0, 0.05) is 26.2 Å². The van der Waals surface area contributed by atoms with Crippen molar-refractivity contribution in [2.24, 2.45) is 5.73 Å². The Kier molecular flexibility index (Phi) is 11.8. The zero-order valence-electron chi connectivity index (χ0n) is 14.6. The van der Waals surface area contributed by atoms with Crippen molar-refractivity contribution < 1.29 is 19.7 Å². The molecule has 6 N–H and O–H groups in total. The second-order valence-corrected chi connectivity index (χ2v) is 5.52. The standard InChI is InChI=1S/C17H30N4O4/c18-7-8-19-9-10-20-21(16(12-22)13-23)17(24)6-11-25-14-15-4-2-1-3-5-15/h1-5,16,19-20,22-23H,6-14,18H2. The average molecular weight is 354 g/mol. The molecule has 0 fully saturated rings. The highest BCUT2D eigenvalue weighted by atomic mass is 16.5. The van der Waals surface area contributed by atoms with Crippen molar-refractivity contribution in [3.05, 3.63) is 35.9 Å². The summed E-state index contributed by atoms with van der Waals surface area (Å²) in [5, 5.41) is 23.1. The van der Waals surface area contributed by atoms with E-state index in [-0.39, 0.29) is 32.1 Å². The number of benzene rings is 1. The van der Waals surface area contributed by atoms with Gasteiger partial charge in [-0.2, -0.15) is 0 Å². The minimum absolute atomic E-state index is 0.159. The molecule has 0 aromatic heterocycles. The van der Waals surface area contributed by atoms with E-state index in [4.69, 9.17) is 10.5 Å². The summed E-state index contributed by atoms with van der Waals surface area (Å²) in [6, 6.07) is 9.02. The van der Waals surface area contributed by atoms with E-state index >= 15 is 0 Å². The number of hydrogen-bond acceptors (Lipinski definition) is 7. The zero-order valence-corrected chi connectivity index (χ0v) is 14.6. The Morgan fingerprint density at radius 3 is 2.52 bits per heavy atom. The van der Waals surface area contributed by atoms with Crippen LogP contribution in [0.3, 0.4) is 0 Å². The van der Waals surface area contributed by atoms with Gasteiger partial charge in [-0.1, -0.05) is 30.3 Å². The molecule has 25 heavy (non-hydrogen) atoms. The summed E-state index contributed by atoms with van der Waals surface area (Å²) in [4.78, 5) is 12.4. The van der Waals surface area contributed by atoms with E-state index in [9.17, 15) is 15.0 Å². The number of nitrogens with one attached hydrogen (secondary N) is 2. The number of carbonyl (C=O) groups excluding carboxylic acids is 1. The van der Waals surface area contributed by atoms with Gasteiger partial charge in [0.1, 0.15) is 0 Å². The topological polar surface area (TPSA) is 120 Å². The lowest BCUT2D eigenvalue weighted by atomic mass is 10.2. The highest BCUT2D eigenvalue weighted by molar-refractivity contribution is 5.76. The number of aliphatic hydroxyl groups is 2. The van der Waals surface area contributed by atoms with Gasteiger partial charge in [-0.3, -0.25) is 9.80 Å². The third-order valence-corrected chi connectivity index (χ3v) is 3.53. The third-order valence-electron chi connectivity index (χ3n) is 3.53. The molecule has 1 amide bonds. The Bertz CT molecular complexity index is 457. The Morgan fingerprint density at radius 1 is 1.16 bits per heavy atom. The fourth-order valence-electron chi connectivity index (χ4n) is 2.18. The van der Waals surface area contributed by atoms with Gasteiger partial charge in [0.25, 0.3) is 0 Å². The first-order chi connectivity index (χ1) is 12.2. The monoisotopic (exact) mass is 354 g/mol. The molecular weight excluding hydrogens is 324 g/mol. The Morgan fingerprint density at radius 2 is 1.88 bits per heavy atom. The quantitative estimate of drug-likeness (QED) is 0.211. The first kappa shape index (κ1) is 21.5. The van der Waals surface area contributed by atoms with Gasteiger partial charge in [0.15, 0.2) is 0 Å². The molecule has 1 aromatic rings. The molecule has 8 heteroatoms. The van der Waals surface area contributed by atoms with Crippen LogP contribution in [0, 0.1) is 0 Å². The second-order valence-electron chi connectivity index (χ2n) is 5.52. The number of hydrogen-bond donors (Lipinski definition) is 5. The molecular formula is C17H30N4O4. The summed E-state index contributed by atoms with van der Waals surface area (Å²) in [6.07, 6.45) is 0.159. The molecule has 0 saturated carbocycles. The molecule has 0 aliphatic rings. The van der Waals surface area contributed by atoms with Crippen molar-refractivity contribution in [2.75, 3.05) is 46.0 Å². The van der Waals surface area contributed by atoms with E-state index < -0.39 is 6.04 Å². The van der Waals surface area contributed by atoms with Gasteiger partial charge in [-0.15, -0.1) is 0 Å². The molecule has 0 radical (unpaired) electrons. The molecule has 0 bridgehead atoms. The summed E-state index contributed by atoms with van der Waals surface area (Å²) in [5.41, 5.74) is 9.38. The van der Waals surface area contributed by atoms with E-state index in [1.54, 1.807) is 0 Å². The maximum atomic E-state index is 12.4. The van der Waals surface area contributed by atoms with Gasteiger partial charge < -0.3 is 26.0 Å². The van der Waals surface area contributed by atoms with Crippen LogP contribution in [0.5, 0.6) is 0 Å². The van der Waals surface area contributed by atoms with Gasteiger partial charge >= 0.3 is 0 Å². The van der Waals surface area contributed by atoms with Crippen molar-refractivity contribution in [1.82, 2.24) is 15.8 Å². The molecule has 0 heterocycles. The first-order valence-electron chi connectivity index (χ1n) is 8.52. The summed E-state index contributed by atoms with van der Waals surface area (Å²) < 4.78 is 5.52. The Hall–Kier alpha value is -1.55. The van der Waals surface area contributed by atoms with E-state index in [0.29, 0.717) is 32.8 Å². The fourth-order valence-corrected chi connectivity index (χ4v) is 2.18. The molecule has 8 nitrogen and oxygen atoms in total. The number of nitrogens with zero attached hydrogens (tertiary/aromatic N) is 1. The van der Waals surface area contributed by atoms with Gasteiger partial charge in [-0.05, 0) is 5.56 Å². The van der Waals surface area contributed by atoms with Crippen LogP contribution < -0.4 is 16.5 Å². The number of ether oxygens (including phenoxy) is 1. The van der Waals surface area contributed by atoms with Crippen molar-refractivity contribution in [3.8, 4) is 0 Å². The predicted octanol–water partition coefficient (Wildman–Crippen LogP) is -1.17. The van der Waals surface area contributed by atoms with Crippen LogP contribution in [0.1, 0.15) is 12.0 Å². The lowest BCUT2D eigenvalue weighted by molar-refractivity contribution is -0.141. The number of nitrogens with two attached hydrogens (primary N) is 1. The highest BCUT2D eigenvalue weighted by Gasteiger charge is 2.22. The predicted molar refractivity (Wildman–Crippen MR) is 95.4 cm³/mol. The normalized spacial score (nSPS) is 11.0. The number of rotatable bonds is 14. The van der Waals surface area contributed by atoms with E-state index in [1.165, 1.54) is 5.01 Å². The zero-order chi connectivity index (χ0) is 18.3. The van der Waals surface area contributed by atoms with Crippen LogP contribution in [0.15, 0.2) is 30.3 Å². The molecule has 0 aliphatic heterocycles. The van der Waals surface area contributed by atoms with Crippen LogP contribution in [0.25, 0.3) is 0 Å². The molecule has 0 saturated heterocycles.